The van der Waals surface area contributed by atoms with Crippen molar-refractivity contribution in [2.75, 3.05) is 31.6 Å². The minimum atomic E-state index is -0.225. The van der Waals surface area contributed by atoms with Gasteiger partial charge in [0.05, 0.1) is 12.1 Å². The van der Waals surface area contributed by atoms with Crippen molar-refractivity contribution in [3.63, 3.8) is 0 Å². The van der Waals surface area contributed by atoms with Crippen molar-refractivity contribution in [3.8, 4) is 0 Å². The van der Waals surface area contributed by atoms with E-state index in [2.05, 4.69) is 53.4 Å². The smallest absolute Gasteiger partial charge is 0.251 e. The Morgan fingerprint density at radius 1 is 1.20 bits per heavy atom. The summed E-state index contributed by atoms with van der Waals surface area (Å²) in [7, 11) is 2.10. The highest BCUT2D eigenvalue weighted by atomic mass is 16.3. The van der Waals surface area contributed by atoms with Gasteiger partial charge >= 0.3 is 0 Å². The molecule has 0 radical (unpaired) electrons. The van der Waals surface area contributed by atoms with E-state index in [4.69, 9.17) is 0 Å². The molecule has 1 heterocycles. The van der Waals surface area contributed by atoms with E-state index < -0.39 is 0 Å². The van der Waals surface area contributed by atoms with Gasteiger partial charge in [-0.15, -0.1) is 0 Å². The molecule has 5 heteroatoms. The molecule has 3 rings (SSSR count). The Hall–Kier alpha value is -2.37. The molecule has 2 atom stereocenters. The molecule has 162 valence electrons. The van der Waals surface area contributed by atoms with E-state index in [1.54, 1.807) is 0 Å². The van der Waals surface area contributed by atoms with Crippen molar-refractivity contribution in [1.29, 1.82) is 0 Å². The van der Waals surface area contributed by atoms with Crippen molar-refractivity contribution in [2.45, 2.75) is 51.3 Å². The number of amides is 1. The minimum Gasteiger partial charge on any atom is -0.392 e. The van der Waals surface area contributed by atoms with Gasteiger partial charge in [0.2, 0.25) is 0 Å². The lowest BCUT2D eigenvalue weighted by Crippen LogP contribution is -2.42. The van der Waals surface area contributed by atoms with Crippen LogP contribution in [0.4, 0.5) is 5.69 Å². The van der Waals surface area contributed by atoms with E-state index in [0.717, 1.165) is 38.2 Å². The Balaban J connectivity index is 1.77. The summed E-state index contributed by atoms with van der Waals surface area (Å²) >= 11 is 0. The summed E-state index contributed by atoms with van der Waals surface area (Å²) in [6, 6.07) is 18.5. The molecular weight excluding hydrogens is 374 g/mol. The van der Waals surface area contributed by atoms with Crippen LogP contribution in [0.3, 0.4) is 0 Å². The number of nitrogens with zero attached hydrogens (tertiary/aromatic N) is 2. The van der Waals surface area contributed by atoms with Crippen molar-refractivity contribution in [1.82, 2.24) is 10.2 Å². The zero-order valence-electron chi connectivity index (χ0n) is 18.6. The standard InChI is InChI=1S/C25H35N3O2/c1-5-25(2,3)26-24(30)20-11-13-21(14-12-20)27(4)23(19-9-7-6-8-10-19)18-28-16-15-22(29)17-28/h6-14,22-23,29H,5,15-18H2,1-4H3,(H,26,30). The summed E-state index contributed by atoms with van der Waals surface area (Å²) in [4.78, 5) is 17.2. The highest BCUT2D eigenvalue weighted by Crippen LogP contribution is 2.28. The van der Waals surface area contributed by atoms with Crippen LogP contribution in [0.15, 0.2) is 54.6 Å². The highest BCUT2D eigenvalue weighted by molar-refractivity contribution is 5.95. The molecule has 2 unspecified atom stereocenters. The van der Waals surface area contributed by atoms with Crippen LogP contribution in [0.25, 0.3) is 0 Å². The maximum atomic E-state index is 12.6. The number of carbonyl (C=O) groups excluding carboxylic acids is 1. The number of carbonyl (C=O) groups is 1. The van der Waals surface area contributed by atoms with E-state index in [9.17, 15) is 9.90 Å². The lowest BCUT2D eigenvalue weighted by atomic mass is 10.0. The summed E-state index contributed by atoms with van der Waals surface area (Å²) in [5.41, 5.74) is 2.76. The van der Waals surface area contributed by atoms with E-state index in [1.807, 2.05) is 44.2 Å². The Bertz CT molecular complexity index is 820. The van der Waals surface area contributed by atoms with Crippen molar-refractivity contribution in [3.05, 3.63) is 65.7 Å². The topological polar surface area (TPSA) is 55.8 Å². The first-order valence-corrected chi connectivity index (χ1v) is 10.9. The summed E-state index contributed by atoms with van der Waals surface area (Å²) in [6.45, 7) is 8.64. The molecule has 0 spiro atoms. The van der Waals surface area contributed by atoms with Gasteiger partial charge < -0.3 is 15.3 Å². The first-order valence-electron chi connectivity index (χ1n) is 10.9. The molecule has 1 amide bonds. The van der Waals surface area contributed by atoms with E-state index >= 15 is 0 Å². The number of likely N-dealkylation sites (N-methyl/N-ethyl adjacent to an activating group) is 1. The van der Waals surface area contributed by atoms with Gasteiger partial charge in [-0.1, -0.05) is 37.3 Å². The molecule has 1 aliphatic heterocycles. The number of anilines is 1. The van der Waals surface area contributed by atoms with Crippen LogP contribution in [0.5, 0.6) is 0 Å². The van der Waals surface area contributed by atoms with E-state index in [1.165, 1.54) is 5.56 Å². The third-order valence-corrected chi connectivity index (χ3v) is 6.20. The maximum Gasteiger partial charge on any atom is 0.251 e. The summed E-state index contributed by atoms with van der Waals surface area (Å²) in [6.07, 6.45) is 1.49. The monoisotopic (exact) mass is 409 g/mol. The fourth-order valence-corrected chi connectivity index (χ4v) is 3.85. The second-order valence-electron chi connectivity index (χ2n) is 8.98. The fourth-order valence-electron chi connectivity index (χ4n) is 3.85. The van der Waals surface area contributed by atoms with Crippen LogP contribution in [0.1, 0.15) is 55.6 Å². The Morgan fingerprint density at radius 3 is 2.43 bits per heavy atom. The highest BCUT2D eigenvalue weighted by Gasteiger charge is 2.26. The number of hydrogen-bond acceptors (Lipinski definition) is 4. The lowest BCUT2D eigenvalue weighted by Gasteiger charge is -2.33. The fraction of sp³-hybridized carbons (Fsp3) is 0.480. The molecule has 1 aliphatic rings. The molecule has 0 aromatic heterocycles. The number of β-amino-alcohol motifs (C(OH)–C–C–N with tert-alkyl or cyclic N) is 1. The molecule has 1 fully saturated rings. The summed E-state index contributed by atoms with van der Waals surface area (Å²) < 4.78 is 0. The van der Waals surface area contributed by atoms with Crippen LogP contribution in [0, 0.1) is 0 Å². The summed E-state index contributed by atoms with van der Waals surface area (Å²) in [5, 5.41) is 13.0. The first-order chi connectivity index (χ1) is 14.3. The van der Waals surface area contributed by atoms with Crippen LogP contribution in [-0.2, 0) is 0 Å². The SMILES string of the molecule is CCC(C)(C)NC(=O)c1ccc(N(C)C(CN2CCC(O)C2)c2ccccc2)cc1. The van der Waals surface area contributed by atoms with Crippen molar-refractivity contribution < 1.29 is 9.90 Å². The Kier molecular flexibility index (Phi) is 7.16. The third kappa shape index (κ3) is 5.61. The van der Waals surface area contributed by atoms with Gasteiger partial charge in [0.25, 0.3) is 5.91 Å². The molecule has 0 aliphatic carbocycles. The third-order valence-electron chi connectivity index (χ3n) is 6.20. The van der Waals surface area contributed by atoms with E-state index in [0.29, 0.717) is 5.56 Å². The van der Waals surface area contributed by atoms with Gasteiger partial charge in [0.1, 0.15) is 0 Å². The molecule has 1 saturated heterocycles. The average Bonchev–Trinajstić information content (AvgIpc) is 3.17. The minimum absolute atomic E-state index is 0.0401. The van der Waals surface area contributed by atoms with Gasteiger partial charge in [0, 0.05) is 43.5 Å². The van der Waals surface area contributed by atoms with E-state index in [-0.39, 0.29) is 23.6 Å². The molecule has 0 saturated carbocycles. The second kappa shape index (κ2) is 9.63. The van der Waals surface area contributed by atoms with Gasteiger partial charge in [-0.3, -0.25) is 9.69 Å². The zero-order valence-corrected chi connectivity index (χ0v) is 18.6. The number of aliphatic hydroxyl groups excluding tert-OH is 1. The maximum absolute atomic E-state index is 12.6. The molecule has 5 nitrogen and oxygen atoms in total. The number of benzene rings is 2. The quantitative estimate of drug-likeness (QED) is 0.695. The number of likely N-dealkylation sites (tertiary alicyclic amines) is 1. The van der Waals surface area contributed by atoms with Crippen molar-refractivity contribution >= 4 is 11.6 Å². The Labute approximate surface area is 180 Å². The predicted molar refractivity (Wildman–Crippen MR) is 123 cm³/mol. The molecule has 2 N–H and O–H groups in total. The van der Waals surface area contributed by atoms with Gasteiger partial charge in [0.15, 0.2) is 0 Å². The normalized spacial score (nSPS) is 18.2. The lowest BCUT2D eigenvalue weighted by molar-refractivity contribution is 0.0911. The largest absolute Gasteiger partial charge is 0.392 e. The van der Waals surface area contributed by atoms with Crippen LogP contribution in [-0.4, -0.2) is 54.2 Å². The van der Waals surface area contributed by atoms with Crippen LogP contribution >= 0.6 is 0 Å². The molecular formula is C25H35N3O2. The first kappa shape index (κ1) is 22.3. The average molecular weight is 410 g/mol. The Morgan fingerprint density at radius 2 is 1.87 bits per heavy atom. The zero-order chi connectivity index (χ0) is 21.7. The van der Waals surface area contributed by atoms with Crippen molar-refractivity contribution in [2.24, 2.45) is 0 Å². The van der Waals surface area contributed by atoms with Crippen LogP contribution in [0.2, 0.25) is 0 Å². The van der Waals surface area contributed by atoms with Gasteiger partial charge in [-0.25, -0.2) is 0 Å². The number of aliphatic hydroxyl groups is 1. The second-order valence-corrected chi connectivity index (χ2v) is 8.98. The van der Waals surface area contributed by atoms with Crippen LogP contribution < -0.4 is 10.2 Å². The summed E-state index contributed by atoms with van der Waals surface area (Å²) in [5.74, 6) is -0.0401. The number of hydrogen-bond donors (Lipinski definition) is 2. The number of rotatable bonds is 8. The predicted octanol–water partition coefficient (Wildman–Crippen LogP) is 3.85. The molecule has 30 heavy (non-hydrogen) atoms. The van der Waals surface area contributed by atoms with Gasteiger partial charge in [-0.05, 0) is 56.5 Å². The molecule has 2 aromatic carbocycles. The molecule has 2 aromatic rings. The number of nitrogens with one attached hydrogen (secondary N) is 1. The molecule has 0 bridgehead atoms. The van der Waals surface area contributed by atoms with Gasteiger partial charge in [-0.2, -0.15) is 0 Å².